The molecule has 1 aliphatic carbocycles. The van der Waals surface area contributed by atoms with E-state index in [-0.39, 0.29) is 0 Å². The van der Waals surface area contributed by atoms with E-state index in [9.17, 15) is 0 Å². The first-order valence-electron chi connectivity index (χ1n) is 8.76. The van der Waals surface area contributed by atoms with E-state index in [1.165, 1.54) is 64.5 Å². The molecule has 1 saturated heterocycles. The van der Waals surface area contributed by atoms with Crippen LogP contribution in [0.2, 0.25) is 0 Å². The number of hydrogen-bond acceptors (Lipinski definition) is 3. The number of ether oxygens (including phenoxy) is 1. The summed E-state index contributed by atoms with van der Waals surface area (Å²) in [7, 11) is 2.11. The lowest BCUT2D eigenvalue weighted by Gasteiger charge is -2.38. The monoisotopic (exact) mass is 282 g/mol. The van der Waals surface area contributed by atoms with Gasteiger partial charge in [0.15, 0.2) is 0 Å². The van der Waals surface area contributed by atoms with Crippen LogP contribution in [-0.2, 0) is 4.74 Å². The Morgan fingerprint density at radius 3 is 2.45 bits per heavy atom. The highest BCUT2D eigenvalue weighted by atomic mass is 16.5. The normalized spacial score (nSPS) is 26.9. The van der Waals surface area contributed by atoms with Gasteiger partial charge in [0, 0.05) is 26.2 Å². The molecule has 3 heteroatoms. The fourth-order valence-corrected chi connectivity index (χ4v) is 4.10. The second-order valence-corrected chi connectivity index (χ2v) is 6.91. The lowest BCUT2D eigenvalue weighted by atomic mass is 9.79. The van der Waals surface area contributed by atoms with Gasteiger partial charge in [-0.2, -0.15) is 0 Å². The quantitative estimate of drug-likeness (QED) is 0.726. The van der Waals surface area contributed by atoms with Crippen LogP contribution in [0.3, 0.4) is 0 Å². The summed E-state index contributed by atoms with van der Waals surface area (Å²) in [5.74, 6) is 0. The SMILES string of the molecule is CCN(CC1CCCO1)CC1(CNC)CCCCCC1. The van der Waals surface area contributed by atoms with Gasteiger partial charge >= 0.3 is 0 Å². The van der Waals surface area contributed by atoms with Crippen LogP contribution in [0.5, 0.6) is 0 Å². The highest BCUT2D eigenvalue weighted by Gasteiger charge is 2.33. The van der Waals surface area contributed by atoms with Crippen LogP contribution in [0.1, 0.15) is 58.3 Å². The van der Waals surface area contributed by atoms with Gasteiger partial charge in [-0.25, -0.2) is 0 Å². The molecule has 0 amide bonds. The number of hydrogen-bond donors (Lipinski definition) is 1. The molecule has 3 nitrogen and oxygen atoms in total. The Morgan fingerprint density at radius 1 is 1.15 bits per heavy atom. The average molecular weight is 282 g/mol. The topological polar surface area (TPSA) is 24.5 Å². The van der Waals surface area contributed by atoms with Crippen molar-refractivity contribution in [1.82, 2.24) is 10.2 Å². The first-order valence-corrected chi connectivity index (χ1v) is 8.76. The van der Waals surface area contributed by atoms with Crippen LogP contribution in [0.4, 0.5) is 0 Å². The highest BCUT2D eigenvalue weighted by molar-refractivity contribution is 4.87. The Hall–Kier alpha value is -0.120. The van der Waals surface area contributed by atoms with Gasteiger partial charge in [0.05, 0.1) is 6.10 Å². The second kappa shape index (κ2) is 8.35. The highest BCUT2D eigenvalue weighted by Crippen LogP contribution is 2.35. The van der Waals surface area contributed by atoms with Crippen molar-refractivity contribution in [1.29, 1.82) is 0 Å². The predicted octanol–water partition coefficient (Wildman–Crippen LogP) is 3.05. The van der Waals surface area contributed by atoms with Crippen molar-refractivity contribution < 1.29 is 4.74 Å². The maximum absolute atomic E-state index is 5.83. The van der Waals surface area contributed by atoms with Crippen LogP contribution in [0.25, 0.3) is 0 Å². The summed E-state index contributed by atoms with van der Waals surface area (Å²) >= 11 is 0. The lowest BCUT2D eigenvalue weighted by molar-refractivity contribution is 0.0517. The maximum Gasteiger partial charge on any atom is 0.0702 e. The average Bonchev–Trinajstić information content (AvgIpc) is 2.85. The zero-order valence-electron chi connectivity index (χ0n) is 13.6. The first-order chi connectivity index (χ1) is 9.78. The molecule has 1 unspecified atom stereocenters. The van der Waals surface area contributed by atoms with Crippen molar-refractivity contribution in [3.05, 3.63) is 0 Å². The zero-order chi connectivity index (χ0) is 14.3. The van der Waals surface area contributed by atoms with Crippen molar-refractivity contribution >= 4 is 0 Å². The van der Waals surface area contributed by atoms with E-state index < -0.39 is 0 Å². The number of rotatable bonds is 7. The summed E-state index contributed by atoms with van der Waals surface area (Å²) in [4.78, 5) is 2.65. The molecule has 1 atom stereocenters. The Kier molecular flexibility index (Phi) is 6.79. The minimum atomic E-state index is 0.493. The molecular formula is C17H34N2O. The van der Waals surface area contributed by atoms with E-state index in [0.717, 1.165) is 19.7 Å². The molecule has 1 saturated carbocycles. The van der Waals surface area contributed by atoms with Crippen LogP contribution in [0, 0.1) is 5.41 Å². The third kappa shape index (κ3) is 4.71. The van der Waals surface area contributed by atoms with E-state index in [2.05, 4.69) is 24.2 Å². The molecule has 118 valence electrons. The molecule has 0 radical (unpaired) electrons. The fraction of sp³-hybridized carbons (Fsp3) is 1.00. The minimum Gasteiger partial charge on any atom is -0.377 e. The molecule has 2 fully saturated rings. The van der Waals surface area contributed by atoms with Crippen molar-refractivity contribution in [3.8, 4) is 0 Å². The van der Waals surface area contributed by atoms with Gasteiger partial charge < -0.3 is 15.0 Å². The summed E-state index contributed by atoms with van der Waals surface area (Å²) in [6, 6.07) is 0. The van der Waals surface area contributed by atoms with E-state index in [0.29, 0.717) is 11.5 Å². The minimum absolute atomic E-state index is 0.493. The van der Waals surface area contributed by atoms with E-state index >= 15 is 0 Å². The standard InChI is InChI=1S/C17H34N2O/c1-3-19(13-16-9-8-12-20-16)15-17(14-18-2)10-6-4-5-7-11-17/h16,18H,3-15H2,1-2H3. The summed E-state index contributed by atoms with van der Waals surface area (Å²) in [6.07, 6.45) is 11.5. The van der Waals surface area contributed by atoms with Crippen molar-refractivity contribution in [3.63, 3.8) is 0 Å². The molecule has 1 aliphatic heterocycles. The molecule has 0 aromatic carbocycles. The Morgan fingerprint density at radius 2 is 1.90 bits per heavy atom. The number of nitrogens with zero attached hydrogens (tertiary/aromatic N) is 1. The van der Waals surface area contributed by atoms with Gasteiger partial charge in [-0.05, 0) is 44.7 Å². The molecule has 0 bridgehead atoms. The van der Waals surface area contributed by atoms with Crippen LogP contribution < -0.4 is 5.32 Å². The molecule has 0 aromatic heterocycles. The lowest BCUT2D eigenvalue weighted by Crippen LogP contribution is -2.45. The largest absolute Gasteiger partial charge is 0.377 e. The van der Waals surface area contributed by atoms with Crippen molar-refractivity contribution in [2.75, 3.05) is 39.8 Å². The van der Waals surface area contributed by atoms with Gasteiger partial charge in [-0.1, -0.05) is 32.6 Å². The second-order valence-electron chi connectivity index (χ2n) is 6.91. The van der Waals surface area contributed by atoms with E-state index in [4.69, 9.17) is 4.74 Å². The fourth-order valence-electron chi connectivity index (χ4n) is 4.10. The zero-order valence-corrected chi connectivity index (χ0v) is 13.6. The van der Waals surface area contributed by atoms with Crippen LogP contribution in [0.15, 0.2) is 0 Å². The molecule has 2 rings (SSSR count). The van der Waals surface area contributed by atoms with Crippen LogP contribution >= 0.6 is 0 Å². The van der Waals surface area contributed by atoms with Crippen LogP contribution in [-0.4, -0.2) is 50.8 Å². The van der Waals surface area contributed by atoms with Gasteiger partial charge in [0.1, 0.15) is 0 Å². The summed E-state index contributed by atoms with van der Waals surface area (Å²) in [6.45, 7) is 8.01. The Balaban J connectivity index is 1.92. The van der Waals surface area contributed by atoms with E-state index in [1.807, 2.05) is 0 Å². The maximum atomic E-state index is 5.83. The molecular weight excluding hydrogens is 248 g/mol. The van der Waals surface area contributed by atoms with E-state index in [1.54, 1.807) is 0 Å². The van der Waals surface area contributed by atoms with Gasteiger partial charge in [0.2, 0.25) is 0 Å². The summed E-state index contributed by atoms with van der Waals surface area (Å²) in [5, 5.41) is 3.47. The molecule has 2 aliphatic rings. The smallest absolute Gasteiger partial charge is 0.0702 e. The Labute approximate surface area is 125 Å². The molecule has 1 N–H and O–H groups in total. The van der Waals surface area contributed by atoms with Gasteiger partial charge in [0.25, 0.3) is 0 Å². The van der Waals surface area contributed by atoms with Crippen molar-refractivity contribution in [2.24, 2.45) is 5.41 Å². The molecule has 0 spiro atoms. The number of nitrogens with one attached hydrogen (secondary N) is 1. The third-order valence-corrected chi connectivity index (χ3v) is 5.21. The third-order valence-electron chi connectivity index (χ3n) is 5.21. The summed E-state index contributed by atoms with van der Waals surface area (Å²) < 4.78 is 5.83. The molecule has 20 heavy (non-hydrogen) atoms. The number of likely N-dealkylation sites (N-methyl/N-ethyl adjacent to an activating group) is 1. The Bertz CT molecular complexity index is 256. The molecule has 1 heterocycles. The summed E-state index contributed by atoms with van der Waals surface area (Å²) in [5.41, 5.74) is 0.500. The van der Waals surface area contributed by atoms with Gasteiger partial charge in [-0.15, -0.1) is 0 Å². The molecule has 0 aromatic rings. The van der Waals surface area contributed by atoms with Gasteiger partial charge in [-0.3, -0.25) is 0 Å². The van der Waals surface area contributed by atoms with Crippen molar-refractivity contribution in [2.45, 2.75) is 64.4 Å². The predicted molar refractivity (Wildman–Crippen MR) is 85.1 cm³/mol. The first kappa shape index (κ1) is 16.3.